The van der Waals surface area contributed by atoms with Crippen molar-refractivity contribution in [2.24, 2.45) is 0 Å². The predicted octanol–water partition coefficient (Wildman–Crippen LogP) is 3.77. The van der Waals surface area contributed by atoms with Gasteiger partial charge < -0.3 is 5.32 Å². The summed E-state index contributed by atoms with van der Waals surface area (Å²) in [5.74, 6) is -0.0842. The Bertz CT molecular complexity index is 956. The van der Waals surface area contributed by atoms with E-state index in [2.05, 4.69) is 31.4 Å². The summed E-state index contributed by atoms with van der Waals surface area (Å²) in [5.41, 5.74) is 5.81. The third-order valence-corrected chi connectivity index (χ3v) is 5.80. The zero-order valence-electron chi connectivity index (χ0n) is 16.1. The smallest absolute Gasteiger partial charge is 0.251 e. The topological polar surface area (TPSA) is 64.7 Å². The molecule has 0 aliphatic carbocycles. The number of hydrogen-bond acceptors (Lipinski definition) is 3. The Balaban J connectivity index is 1.63. The van der Waals surface area contributed by atoms with E-state index in [0.29, 0.717) is 18.7 Å². The van der Waals surface area contributed by atoms with Crippen molar-refractivity contribution in [1.82, 2.24) is 24.9 Å². The molecule has 1 N–H and O–H groups in total. The van der Waals surface area contributed by atoms with Crippen LogP contribution in [-0.4, -0.2) is 25.5 Å². The van der Waals surface area contributed by atoms with Gasteiger partial charge >= 0.3 is 0 Å². The van der Waals surface area contributed by atoms with Gasteiger partial charge in [-0.3, -0.25) is 14.2 Å². The first-order chi connectivity index (χ1) is 12.9. The van der Waals surface area contributed by atoms with E-state index < -0.39 is 0 Å². The molecule has 1 aromatic carbocycles. The quantitative estimate of drug-likeness (QED) is 0.648. The zero-order chi connectivity index (χ0) is 19.6. The van der Waals surface area contributed by atoms with Crippen LogP contribution in [0.4, 0.5) is 0 Å². The number of amides is 1. The zero-order valence-corrected chi connectivity index (χ0v) is 17.7. The van der Waals surface area contributed by atoms with Gasteiger partial charge in [0.15, 0.2) is 0 Å². The molecule has 2 aromatic heterocycles. The minimum atomic E-state index is -0.0842. The van der Waals surface area contributed by atoms with Crippen LogP contribution in [0, 0.1) is 20.8 Å². The molecule has 0 aliphatic rings. The van der Waals surface area contributed by atoms with Crippen molar-refractivity contribution < 1.29 is 4.79 Å². The van der Waals surface area contributed by atoms with E-state index in [1.54, 1.807) is 0 Å². The molecule has 0 saturated carbocycles. The van der Waals surface area contributed by atoms with E-state index in [-0.39, 0.29) is 5.91 Å². The fourth-order valence-electron chi connectivity index (χ4n) is 2.94. The van der Waals surface area contributed by atoms with Crippen molar-refractivity contribution >= 4 is 21.8 Å². The first-order valence-corrected chi connectivity index (χ1v) is 9.78. The van der Waals surface area contributed by atoms with Crippen LogP contribution in [0.15, 0.2) is 34.9 Å². The van der Waals surface area contributed by atoms with E-state index in [4.69, 9.17) is 0 Å². The number of aromatic nitrogens is 4. The van der Waals surface area contributed by atoms with E-state index in [9.17, 15) is 4.79 Å². The van der Waals surface area contributed by atoms with E-state index in [1.165, 1.54) is 0 Å². The Morgan fingerprint density at radius 2 is 1.81 bits per heavy atom. The molecule has 0 fully saturated rings. The molecule has 142 valence electrons. The monoisotopic (exact) mass is 429 g/mol. The lowest BCUT2D eigenvalue weighted by atomic mass is 10.1. The lowest BCUT2D eigenvalue weighted by Gasteiger charge is -2.07. The number of halogens is 1. The molecule has 27 heavy (non-hydrogen) atoms. The van der Waals surface area contributed by atoms with Gasteiger partial charge in [-0.2, -0.15) is 10.2 Å². The highest BCUT2D eigenvalue weighted by Gasteiger charge is 2.11. The van der Waals surface area contributed by atoms with Crippen molar-refractivity contribution in [2.75, 3.05) is 0 Å². The summed E-state index contributed by atoms with van der Waals surface area (Å²) in [7, 11) is 0. The number of rotatable bonds is 6. The Morgan fingerprint density at radius 1 is 1.11 bits per heavy atom. The molecule has 0 bridgehead atoms. The second-order valence-electron chi connectivity index (χ2n) is 6.62. The van der Waals surface area contributed by atoms with Crippen molar-refractivity contribution in [2.45, 2.75) is 47.3 Å². The number of carbonyl (C=O) groups is 1. The fourth-order valence-corrected chi connectivity index (χ4v) is 3.22. The van der Waals surface area contributed by atoms with Crippen molar-refractivity contribution in [3.8, 4) is 0 Å². The van der Waals surface area contributed by atoms with Gasteiger partial charge in [-0.1, -0.05) is 12.1 Å². The van der Waals surface area contributed by atoms with E-state index >= 15 is 0 Å². The second-order valence-corrected chi connectivity index (χ2v) is 7.41. The summed E-state index contributed by atoms with van der Waals surface area (Å²) in [6, 6.07) is 7.65. The van der Waals surface area contributed by atoms with Crippen molar-refractivity contribution in [3.05, 3.63) is 68.7 Å². The molecule has 0 saturated heterocycles. The Kier molecular flexibility index (Phi) is 5.79. The molecule has 0 unspecified atom stereocenters. The van der Waals surface area contributed by atoms with Crippen LogP contribution in [-0.2, 0) is 19.6 Å². The van der Waals surface area contributed by atoms with Gasteiger partial charge in [0, 0.05) is 30.4 Å². The van der Waals surface area contributed by atoms with Crippen LogP contribution in [0.1, 0.15) is 45.5 Å². The number of nitrogens with one attached hydrogen (secondary N) is 1. The highest BCUT2D eigenvalue weighted by atomic mass is 79.9. The van der Waals surface area contributed by atoms with Gasteiger partial charge in [0.25, 0.3) is 5.91 Å². The van der Waals surface area contributed by atoms with Crippen LogP contribution in [0.3, 0.4) is 0 Å². The molecular formula is C20H24BrN5O. The fraction of sp³-hybridized carbons (Fsp3) is 0.350. The SMILES string of the molecule is CCn1cc(CNC(=O)c2ccc(Cn3nc(C)c(Br)c3C)cc2)c(C)n1. The van der Waals surface area contributed by atoms with Crippen LogP contribution in [0.2, 0.25) is 0 Å². The molecule has 3 aromatic rings. The summed E-state index contributed by atoms with van der Waals surface area (Å²) in [6.45, 7) is 9.99. The maximum Gasteiger partial charge on any atom is 0.251 e. The standard InChI is InChI=1S/C20H24BrN5O/c1-5-25-12-18(13(2)23-25)10-22-20(27)17-8-6-16(7-9-17)11-26-15(4)19(21)14(3)24-26/h6-9,12H,5,10-11H2,1-4H3,(H,22,27). The van der Waals surface area contributed by atoms with Crippen LogP contribution in [0.5, 0.6) is 0 Å². The Morgan fingerprint density at radius 3 is 2.37 bits per heavy atom. The number of hydrogen-bond donors (Lipinski definition) is 1. The van der Waals surface area contributed by atoms with Gasteiger partial charge in [0.05, 0.1) is 28.1 Å². The summed E-state index contributed by atoms with van der Waals surface area (Å²) in [5, 5.41) is 11.9. The average Bonchev–Trinajstić information content (AvgIpc) is 3.15. The van der Waals surface area contributed by atoms with Crippen molar-refractivity contribution in [1.29, 1.82) is 0 Å². The second kappa shape index (κ2) is 8.08. The van der Waals surface area contributed by atoms with Gasteiger partial charge in [-0.05, 0) is 61.3 Å². The summed E-state index contributed by atoms with van der Waals surface area (Å²) < 4.78 is 4.88. The summed E-state index contributed by atoms with van der Waals surface area (Å²) in [6.07, 6.45) is 1.98. The molecule has 2 heterocycles. The average molecular weight is 430 g/mol. The van der Waals surface area contributed by atoms with E-state index in [1.807, 2.05) is 67.5 Å². The molecule has 3 rings (SSSR count). The number of benzene rings is 1. The molecule has 0 spiro atoms. The first kappa shape index (κ1) is 19.4. The summed E-state index contributed by atoms with van der Waals surface area (Å²) >= 11 is 3.55. The van der Waals surface area contributed by atoms with Crippen LogP contribution >= 0.6 is 15.9 Å². The molecule has 7 heteroatoms. The third-order valence-electron chi connectivity index (χ3n) is 4.65. The number of aryl methyl sites for hydroxylation is 3. The highest BCUT2D eigenvalue weighted by Crippen LogP contribution is 2.20. The maximum absolute atomic E-state index is 12.4. The maximum atomic E-state index is 12.4. The summed E-state index contributed by atoms with van der Waals surface area (Å²) in [4.78, 5) is 12.4. The lowest BCUT2D eigenvalue weighted by molar-refractivity contribution is 0.0951. The minimum Gasteiger partial charge on any atom is -0.348 e. The highest BCUT2D eigenvalue weighted by molar-refractivity contribution is 9.10. The van der Waals surface area contributed by atoms with Gasteiger partial charge in [0.2, 0.25) is 0 Å². The first-order valence-electron chi connectivity index (χ1n) is 8.98. The number of carbonyl (C=O) groups excluding carboxylic acids is 1. The molecule has 0 radical (unpaired) electrons. The Hall–Kier alpha value is -2.41. The molecular weight excluding hydrogens is 406 g/mol. The normalized spacial score (nSPS) is 11.0. The molecule has 0 aliphatic heterocycles. The van der Waals surface area contributed by atoms with Gasteiger partial charge in [-0.25, -0.2) is 0 Å². The van der Waals surface area contributed by atoms with Crippen molar-refractivity contribution in [3.63, 3.8) is 0 Å². The Labute approximate surface area is 167 Å². The lowest BCUT2D eigenvalue weighted by Crippen LogP contribution is -2.23. The predicted molar refractivity (Wildman–Crippen MR) is 109 cm³/mol. The van der Waals surface area contributed by atoms with Gasteiger partial charge in [0.1, 0.15) is 0 Å². The van der Waals surface area contributed by atoms with Crippen LogP contribution < -0.4 is 5.32 Å². The van der Waals surface area contributed by atoms with Crippen LogP contribution in [0.25, 0.3) is 0 Å². The number of nitrogens with zero attached hydrogens (tertiary/aromatic N) is 4. The molecule has 1 amide bonds. The largest absolute Gasteiger partial charge is 0.348 e. The molecule has 0 atom stereocenters. The van der Waals surface area contributed by atoms with E-state index in [0.717, 1.165) is 39.2 Å². The third kappa shape index (κ3) is 4.30. The molecule has 6 nitrogen and oxygen atoms in total. The van der Waals surface area contributed by atoms with Gasteiger partial charge in [-0.15, -0.1) is 0 Å². The minimum absolute atomic E-state index is 0.0842.